The van der Waals surface area contributed by atoms with Gasteiger partial charge in [0.25, 0.3) is 10.0 Å². The van der Waals surface area contributed by atoms with Gasteiger partial charge in [-0.1, -0.05) is 30.3 Å². The highest BCUT2D eigenvalue weighted by Gasteiger charge is 2.27. The lowest BCUT2D eigenvalue weighted by Crippen LogP contribution is -2.33. The zero-order chi connectivity index (χ0) is 14.8. The van der Waals surface area contributed by atoms with Gasteiger partial charge in [0.1, 0.15) is 10.3 Å². The molecule has 0 fully saturated rings. The molecule has 0 amide bonds. The van der Waals surface area contributed by atoms with E-state index in [1.807, 2.05) is 0 Å². The van der Waals surface area contributed by atoms with Crippen LogP contribution in [0.25, 0.3) is 0 Å². The van der Waals surface area contributed by atoms with Crippen molar-refractivity contribution in [1.29, 1.82) is 0 Å². The summed E-state index contributed by atoms with van der Waals surface area (Å²) in [6.07, 6.45) is 0. The number of aryl methyl sites for hydroxylation is 1. The van der Waals surface area contributed by atoms with Gasteiger partial charge in [-0.3, -0.25) is 4.79 Å². The van der Waals surface area contributed by atoms with Gasteiger partial charge in [0.05, 0.1) is 0 Å². The van der Waals surface area contributed by atoms with Gasteiger partial charge >= 0.3 is 5.97 Å². The molecular weight excluding hydrogens is 298 g/mol. The lowest BCUT2D eigenvalue weighted by atomic mass is 10.1. The van der Waals surface area contributed by atoms with Crippen LogP contribution in [-0.2, 0) is 14.8 Å². The Bertz CT molecular complexity index is 707. The molecule has 2 aromatic rings. The summed E-state index contributed by atoms with van der Waals surface area (Å²) in [6, 6.07) is 10.0. The quantitative estimate of drug-likeness (QED) is 0.886. The van der Waals surface area contributed by atoms with Crippen molar-refractivity contribution in [2.45, 2.75) is 17.2 Å². The molecule has 0 aliphatic heterocycles. The van der Waals surface area contributed by atoms with Crippen LogP contribution in [0.2, 0.25) is 0 Å². The summed E-state index contributed by atoms with van der Waals surface area (Å²) in [5, 5.41) is 9.22. The summed E-state index contributed by atoms with van der Waals surface area (Å²) in [6.45, 7) is 1.79. The van der Waals surface area contributed by atoms with E-state index in [9.17, 15) is 18.3 Å². The smallest absolute Gasteiger partial charge is 0.326 e. The molecule has 0 aliphatic rings. The summed E-state index contributed by atoms with van der Waals surface area (Å²) >= 11 is 1.10. The van der Waals surface area contributed by atoms with E-state index in [0.717, 1.165) is 16.2 Å². The minimum Gasteiger partial charge on any atom is -0.480 e. The Balaban J connectivity index is 2.32. The molecule has 1 heterocycles. The highest BCUT2D eigenvalue weighted by Crippen LogP contribution is 2.23. The first kappa shape index (κ1) is 14.7. The molecule has 0 saturated heterocycles. The number of thiophene rings is 1. The number of hydrogen-bond donors (Lipinski definition) is 2. The largest absolute Gasteiger partial charge is 0.480 e. The van der Waals surface area contributed by atoms with Gasteiger partial charge in [0.15, 0.2) is 0 Å². The number of nitrogens with one attached hydrogen (secondary N) is 1. The number of carbonyl (C=O) groups is 1. The highest BCUT2D eigenvalue weighted by molar-refractivity contribution is 7.91. The second-order valence-corrected chi connectivity index (χ2v) is 7.40. The van der Waals surface area contributed by atoms with Gasteiger partial charge < -0.3 is 5.11 Å². The van der Waals surface area contributed by atoms with Crippen LogP contribution in [0.1, 0.15) is 16.5 Å². The molecule has 1 atom stereocenters. The molecule has 106 valence electrons. The number of hydrogen-bond acceptors (Lipinski definition) is 4. The Kier molecular flexibility index (Phi) is 4.22. The van der Waals surface area contributed by atoms with E-state index in [1.54, 1.807) is 43.3 Å². The molecule has 2 N–H and O–H groups in total. The van der Waals surface area contributed by atoms with Crippen molar-refractivity contribution in [3.63, 3.8) is 0 Å². The Morgan fingerprint density at radius 2 is 1.85 bits per heavy atom. The standard InChI is InChI=1S/C13H13NO4S2/c1-9-7-8-11(19-9)20(17,18)14-12(13(15)16)10-5-3-2-4-6-10/h2-8,12,14H,1H3,(H,15,16)/t12-/m0/s1. The van der Waals surface area contributed by atoms with Crippen LogP contribution in [0.15, 0.2) is 46.7 Å². The van der Waals surface area contributed by atoms with Crippen molar-refractivity contribution >= 4 is 27.3 Å². The molecular formula is C13H13NO4S2. The summed E-state index contributed by atoms with van der Waals surface area (Å²) in [4.78, 5) is 12.1. The number of carboxylic acid groups (broad SMARTS) is 1. The predicted octanol–water partition coefficient (Wildman–Crippen LogP) is 2.16. The lowest BCUT2D eigenvalue weighted by molar-refractivity contribution is -0.139. The number of carboxylic acids is 1. The van der Waals surface area contributed by atoms with Crippen molar-refractivity contribution < 1.29 is 18.3 Å². The topological polar surface area (TPSA) is 83.5 Å². The zero-order valence-corrected chi connectivity index (χ0v) is 12.2. The second-order valence-electron chi connectivity index (χ2n) is 4.17. The van der Waals surface area contributed by atoms with E-state index in [1.165, 1.54) is 6.07 Å². The molecule has 2 rings (SSSR count). The van der Waals surface area contributed by atoms with Gasteiger partial charge in [0, 0.05) is 4.88 Å². The van der Waals surface area contributed by atoms with Crippen LogP contribution in [0.3, 0.4) is 0 Å². The zero-order valence-electron chi connectivity index (χ0n) is 10.6. The number of aliphatic carboxylic acids is 1. The first-order valence-corrected chi connectivity index (χ1v) is 8.06. The summed E-state index contributed by atoms with van der Waals surface area (Å²) in [5.74, 6) is -1.24. The van der Waals surface area contributed by atoms with E-state index in [0.29, 0.717) is 5.56 Å². The molecule has 0 spiro atoms. The van der Waals surface area contributed by atoms with Crippen LogP contribution in [-0.4, -0.2) is 19.5 Å². The Morgan fingerprint density at radius 1 is 1.20 bits per heavy atom. The van der Waals surface area contributed by atoms with E-state index in [2.05, 4.69) is 4.72 Å². The first-order chi connectivity index (χ1) is 9.40. The fourth-order valence-corrected chi connectivity index (χ4v) is 4.15. The minimum atomic E-state index is -3.84. The van der Waals surface area contributed by atoms with E-state index >= 15 is 0 Å². The average Bonchev–Trinajstić information content (AvgIpc) is 2.84. The number of sulfonamides is 1. The van der Waals surface area contributed by atoms with Crippen molar-refractivity contribution in [2.24, 2.45) is 0 Å². The molecule has 0 saturated carbocycles. The van der Waals surface area contributed by atoms with E-state index < -0.39 is 22.0 Å². The first-order valence-electron chi connectivity index (χ1n) is 5.76. The van der Waals surface area contributed by atoms with Gasteiger partial charge in [-0.25, -0.2) is 8.42 Å². The normalized spacial score (nSPS) is 13.1. The summed E-state index contributed by atoms with van der Waals surface area (Å²) in [7, 11) is -3.84. The Labute approximate surface area is 120 Å². The molecule has 1 aromatic heterocycles. The molecule has 5 nitrogen and oxygen atoms in total. The number of benzene rings is 1. The van der Waals surface area contributed by atoms with Crippen LogP contribution in [0.5, 0.6) is 0 Å². The lowest BCUT2D eigenvalue weighted by Gasteiger charge is -2.14. The van der Waals surface area contributed by atoms with Crippen molar-refractivity contribution in [3.8, 4) is 0 Å². The fourth-order valence-electron chi connectivity index (χ4n) is 1.68. The second kappa shape index (κ2) is 5.74. The van der Waals surface area contributed by atoms with Crippen molar-refractivity contribution in [2.75, 3.05) is 0 Å². The Morgan fingerprint density at radius 3 is 2.35 bits per heavy atom. The van der Waals surface area contributed by atoms with Crippen LogP contribution < -0.4 is 4.72 Å². The molecule has 0 aliphatic carbocycles. The fraction of sp³-hybridized carbons (Fsp3) is 0.154. The van der Waals surface area contributed by atoms with Gasteiger partial charge in [0.2, 0.25) is 0 Å². The maximum atomic E-state index is 12.2. The molecule has 0 unspecified atom stereocenters. The summed E-state index contributed by atoms with van der Waals surface area (Å²) in [5.41, 5.74) is 0.386. The van der Waals surface area contributed by atoms with Gasteiger partial charge in [-0.2, -0.15) is 4.72 Å². The third-order valence-electron chi connectivity index (χ3n) is 2.63. The maximum Gasteiger partial charge on any atom is 0.326 e. The third-order valence-corrected chi connectivity index (χ3v) is 5.55. The Hall–Kier alpha value is -1.70. The summed E-state index contributed by atoms with van der Waals surface area (Å²) < 4.78 is 26.7. The van der Waals surface area contributed by atoms with Crippen LogP contribution in [0, 0.1) is 6.92 Å². The third kappa shape index (κ3) is 3.24. The SMILES string of the molecule is Cc1ccc(S(=O)(=O)N[C@H](C(=O)O)c2ccccc2)s1. The monoisotopic (exact) mass is 311 g/mol. The van der Waals surface area contributed by atoms with Crippen molar-refractivity contribution in [3.05, 3.63) is 52.9 Å². The van der Waals surface area contributed by atoms with Crippen LogP contribution >= 0.6 is 11.3 Å². The van der Waals surface area contributed by atoms with Gasteiger partial charge in [-0.05, 0) is 24.6 Å². The average molecular weight is 311 g/mol. The number of rotatable bonds is 5. The molecule has 20 heavy (non-hydrogen) atoms. The van der Waals surface area contributed by atoms with E-state index in [-0.39, 0.29) is 4.21 Å². The van der Waals surface area contributed by atoms with Crippen molar-refractivity contribution in [1.82, 2.24) is 4.72 Å². The molecule has 1 aromatic carbocycles. The predicted molar refractivity (Wildman–Crippen MR) is 76.2 cm³/mol. The minimum absolute atomic E-state index is 0.109. The molecule has 7 heteroatoms. The van der Waals surface area contributed by atoms with Crippen LogP contribution in [0.4, 0.5) is 0 Å². The highest BCUT2D eigenvalue weighted by atomic mass is 32.2. The maximum absolute atomic E-state index is 12.2. The molecule has 0 radical (unpaired) electrons. The van der Waals surface area contributed by atoms with Gasteiger partial charge in [-0.15, -0.1) is 11.3 Å². The van der Waals surface area contributed by atoms with E-state index in [4.69, 9.17) is 0 Å². The molecule has 0 bridgehead atoms.